The van der Waals surface area contributed by atoms with Gasteiger partial charge in [0.2, 0.25) is 0 Å². The molecule has 0 saturated heterocycles. The van der Waals surface area contributed by atoms with Gasteiger partial charge in [-0.2, -0.15) is 0 Å². The van der Waals surface area contributed by atoms with Crippen molar-refractivity contribution in [1.82, 2.24) is 0 Å². The third-order valence-corrected chi connectivity index (χ3v) is 3.37. The number of ether oxygens (including phenoxy) is 1. The summed E-state index contributed by atoms with van der Waals surface area (Å²) in [5.74, 6) is 1.06. The van der Waals surface area contributed by atoms with E-state index in [0.29, 0.717) is 0 Å². The van der Waals surface area contributed by atoms with E-state index in [1.165, 1.54) is 0 Å². The lowest BCUT2D eigenvalue weighted by atomic mass is 10.1. The molecule has 0 aliphatic rings. The highest BCUT2D eigenvalue weighted by Crippen LogP contribution is 2.30. The Balaban J connectivity index is 2.11. The number of hydrogen-bond acceptors (Lipinski definition) is 3. The summed E-state index contributed by atoms with van der Waals surface area (Å²) in [7, 11) is 1.66. The molecule has 1 aromatic heterocycles. The van der Waals surface area contributed by atoms with Gasteiger partial charge in [0.25, 0.3) is 5.52 Å². The highest BCUT2D eigenvalue weighted by Gasteiger charge is 2.13. The number of aromatic hydroxyl groups is 1. The summed E-state index contributed by atoms with van der Waals surface area (Å²) in [6, 6.07) is 15.0. The Bertz CT molecular complexity index is 783. The quantitative estimate of drug-likeness (QED) is 0.723. The van der Waals surface area contributed by atoms with Crippen LogP contribution in [0.15, 0.2) is 48.5 Å². The summed E-state index contributed by atoms with van der Waals surface area (Å²) in [5.41, 5.74) is 3.91. The summed E-state index contributed by atoms with van der Waals surface area (Å²) >= 11 is 0. The molecule has 0 fully saturated rings. The van der Waals surface area contributed by atoms with E-state index in [9.17, 15) is 5.11 Å². The number of hydrogen-bond donors (Lipinski definition) is 2. The standard InChI is InChI=1S/C17H16N2O2/c1-11-10-15(19-12-6-8-13(20)9-7-12)14-4-3-5-16(21-2)17(14)18-11/h3-10,20H,1-2H3,(H,18,19)/p+1. The van der Waals surface area contributed by atoms with E-state index in [0.717, 1.165) is 33.7 Å². The van der Waals surface area contributed by atoms with Crippen LogP contribution in [0.1, 0.15) is 5.69 Å². The Kier molecular flexibility index (Phi) is 3.36. The highest BCUT2D eigenvalue weighted by atomic mass is 16.5. The molecule has 0 bridgehead atoms. The number of pyridine rings is 1. The van der Waals surface area contributed by atoms with Crippen LogP contribution in [0.25, 0.3) is 10.9 Å². The molecule has 3 rings (SSSR count). The van der Waals surface area contributed by atoms with Crippen molar-refractivity contribution in [3.8, 4) is 11.5 Å². The van der Waals surface area contributed by atoms with Crippen molar-refractivity contribution in [1.29, 1.82) is 0 Å². The van der Waals surface area contributed by atoms with Gasteiger partial charge >= 0.3 is 0 Å². The van der Waals surface area contributed by atoms with E-state index >= 15 is 0 Å². The largest absolute Gasteiger partial charge is 0.508 e. The Labute approximate surface area is 123 Å². The van der Waals surface area contributed by atoms with E-state index in [1.54, 1.807) is 19.2 Å². The average molecular weight is 281 g/mol. The second kappa shape index (κ2) is 5.32. The fourth-order valence-electron chi connectivity index (χ4n) is 2.39. The lowest BCUT2D eigenvalue weighted by Crippen LogP contribution is -2.11. The van der Waals surface area contributed by atoms with Gasteiger partial charge in [-0.15, -0.1) is 0 Å². The zero-order chi connectivity index (χ0) is 14.8. The summed E-state index contributed by atoms with van der Waals surface area (Å²) < 4.78 is 5.41. The van der Waals surface area contributed by atoms with E-state index in [1.807, 2.05) is 37.3 Å². The Morgan fingerprint density at radius 2 is 1.86 bits per heavy atom. The normalized spacial score (nSPS) is 10.6. The topological polar surface area (TPSA) is 55.6 Å². The van der Waals surface area contributed by atoms with Crippen molar-refractivity contribution >= 4 is 22.3 Å². The first-order valence-corrected chi connectivity index (χ1v) is 6.73. The third kappa shape index (κ3) is 2.60. The minimum atomic E-state index is 0.254. The number of aromatic amines is 1. The molecule has 4 heteroatoms. The Morgan fingerprint density at radius 3 is 2.57 bits per heavy atom. The molecule has 0 unspecified atom stereocenters. The van der Waals surface area contributed by atoms with Gasteiger partial charge in [0.05, 0.1) is 18.2 Å². The lowest BCUT2D eigenvalue weighted by Gasteiger charge is -2.09. The van der Waals surface area contributed by atoms with Crippen molar-refractivity contribution in [2.75, 3.05) is 12.4 Å². The molecule has 0 saturated carbocycles. The molecule has 21 heavy (non-hydrogen) atoms. The average Bonchev–Trinajstić information content (AvgIpc) is 2.49. The van der Waals surface area contributed by atoms with Crippen LogP contribution in [-0.2, 0) is 0 Å². The smallest absolute Gasteiger partial charge is 0.255 e. The van der Waals surface area contributed by atoms with Crippen LogP contribution in [0.2, 0.25) is 0 Å². The molecule has 3 N–H and O–H groups in total. The van der Waals surface area contributed by atoms with Gasteiger partial charge in [-0.1, -0.05) is 6.07 Å². The summed E-state index contributed by atoms with van der Waals surface area (Å²) in [5, 5.41) is 13.8. The van der Waals surface area contributed by atoms with Gasteiger partial charge in [-0.3, -0.25) is 0 Å². The maximum atomic E-state index is 9.36. The molecule has 106 valence electrons. The number of fused-ring (bicyclic) bond motifs is 1. The molecule has 0 aliphatic carbocycles. The van der Waals surface area contributed by atoms with Crippen molar-refractivity contribution in [2.24, 2.45) is 0 Å². The molecular weight excluding hydrogens is 264 g/mol. The second-order valence-corrected chi connectivity index (χ2v) is 4.92. The van der Waals surface area contributed by atoms with Gasteiger partial charge in [0.1, 0.15) is 5.75 Å². The predicted octanol–water partition coefficient (Wildman–Crippen LogP) is 3.42. The molecule has 0 aliphatic heterocycles. The summed E-state index contributed by atoms with van der Waals surface area (Å²) in [6.07, 6.45) is 0. The number of nitrogens with one attached hydrogen (secondary N) is 2. The molecule has 0 radical (unpaired) electrons. The number of para-hydroxylation sites is 1. The fraction of sp³-hybridized carbons (Fsp3) is 0.118. The van der Waals surface area contributed by atoms with Crippen molar-refractivity contribution in [2.45, 2.75) is 6.92 Å². The summed E-state index contributed by atoms with van der Waals surface area (Å²) in [4.78, 5) is 3.34. The van der Waals surface area contributed by atoms with Crippen LogP contribution in [0.4, 0.5) is 11.4 Å². The zero-order valence-corrected chi connectivity index (χ0v) is 12.0. The molecular formula is C17H17N2O2+. The molecule has 4 nitrogen and oxygen atoms in total. The van der Waals surface area contributed by atoms with Crippen molar-refractivity contribution in [3.05, 3.63) is 54.2 Å². The molecule has 1 heterocycles. The number of phenols is 1. The number of aromatic nitrogens is 1. The molecule has 0 spiro atoms. The first-order valence-electron chi connectivity index (χ1n) is 6.73. The fourth-order valence-corrected chi connectivity index (χ4v) is 2.39. The monoisotopic (exact) mass is 281 g/mol. The number of aryl methyl sites for hydroxylation is 1. The number of benzene rings is 2. The van der Waals surface area contributed by atoms with Crippen LogP contribution >= 0.6 is 0 Å². The van der Waals surface area contributed by atoms with E-state index in [-0.39, 0.29) is 5.75 Å². The number of anilines is 2. The summed E-state index contributed by atoms with van der Waals surface area (Å²) in [6.45, 7) is 2.01. The zero-order valence-electron chi connectivity index (χ0n) is 12.0. The minimum Gasteiger partial charge on any atom is -0.508 e. The molecule has 0 atom stereocenters. The molecule has 2 aromatic carbocycles. The van der Waals surface area contributed by atoms with Gasteiger partial charge in [-0.25, -0.2) is 4.98 Å². The van der Waals surface area contributed by atoms with Gasteiger partial charge in [0, 0.05) is 18.7 Å². The second-order valence-electron chi connectivity index (χ2n) is 4.92. The Hall–Kier alpha value is -2.75. The maximum Gasteiger partial charge on any atom is 0.255 e. The number of phenolic OH excluding ortho intramolecular Hbond substituents is 1. The van der Waals surface area contributed by atoms with Crippen LogP contribution in [0.3, 0.4) is 0 Å². The van der Waals surface area contributed by atoms with Gasteiger partial charge in [-0.05, 0) is 36.4 Å². The number of rotatable bonds is 3. The first kappa shape index (κ1) is 13.2. The highest BCUT2D eigenvalue weighted by molar-refractivity contribution is 5.94. The van der Waals surface area contributed by atoms with E-state index in [4.69, 9.17) is 4.74 Å². The minimum absolute atomic E-state index is 0.254. The van der Waals surface area contributed by atoms with Crippen molar-refractivity contribution < 1.29 is 14.8 Å². The third-order valence-electron chi connectivity index (χ3n) is 3.37. The van der Waals surface area contributed by atoms with E-state index < -0.39 is 0 Å². The van der Waals surface area contributed by atoms with E-state index in [2.05, 4.69) is 16.4 Å². The predicted molar refractivity (Wildman–Crippen MR) is 83.2 cm³/mol. The van der Waals surface area contributed by atoms with Crippen molar-refractivity contribution in [3.63, 3.8) is 0 Å². The van der Waals surface area contributed by atoms with Crippen LogP contribution in [-0.4, -0.2) is 12.2 Å². The molecule has 3 aromatic rings. The number of methoxy groups -OCH3 is 1. The molecule has 0 amide bonds. The number of H-pyrrole nitrogens is 1. The lowest BCUT2D eigenvalue weighted by molar-refractivity contribution is -0.355. The first-order chi connectivity index (χ1) is 10.2. The van der Waals surface area contributed by atoms with Gasteiger partial charge in [0.15, 0.2) is 11.4 Å². The van der Waals surface area contributed by atoms with Gasteiger partial charge < -0.3 is 15.2 Å². The van der Waals surface area contributed by atoms with Crippen LogP contribution < -0.4 is 15.0 Å². The maximum absolute atomic E-state index is 9.36. The Morgan fingerprint density at radius 1 is 1.10 bits per heavy atom. The van der Waals surface area contributed by atoms with Crippen LogP contribution in [0.5, 0.6) is 11.5 Å². The van der Waals surface area contributed by atoms with Crippen LogP contribution in [0, 0.1) is 6.92 Å². The SMILES string of the molecule is COc1cccc2c(Nc3ccc(O)cc3)cc(C)[nH+]c12.